The molecule has 0 unspecified atom stereocenters. The molecule has 22 heavy (non-hydrogen) atoms. The molecular formula is C13H13F6NO2. The SMILES string of the molecule is Cc1cc(C)cc(OC(=O)NC(C)(C(F)(F)F)C(F)(F)F)c1. The van der Waals surface area contributed by atoms with E-state index in [0.717, 1.165) is 5.32 Å². The molecule has 0 atom stereocenters. The van der Waals surface area contributed by atoms with Gasteiger partial charge in [-0.15, -0.1) is 0 Å². The highest BCUT2D eigenvalue weighted by atomic mass is 19.4. The zero-order valence-electron chi connectivity index (χ0n) is 11.8. The second-order valence-electron chi connectivity index (χ2n) is 4.96. The van der Waals surface area contributed by atoms with Crippen LogP contribution < -0.4 is 10.1 Å². The summed E-state index contributed by atoms with van der Waals surface area (Å²) in [7, 11) is 0. The summed E-state index contributed by atoms with van der Waals surface area (Å²) >= 11 is 0. The minimum absolute atomic E-state index is 0.151. The van der Waals surface area contributed by atoms with Crippen LogP contribution in [-0.4, -0.2) is 24.0 Å². The molecule has 0 aliphatic heterocycles. The van der Waals surface area contributed by atoms with Crippen molar-refractivity contribution in [2.75, 3.05) is 0 Å². The van der Waals surface area contributed by atoms with E-state index < -0.39 is 24.0 Å². The van der Waals surface area contributed by atoms with Gasteiger partial charge >= 0.3 is 18.4 Å². The standard InChI is InChI=1S/C13H13F6NO2/c1-7-4-8(2)6-9(5-7)22-10(21)20-11(3,12(14,15)16)13(17,18)19/h4-6H,1-3H3,(H,20,21). The summed E-state index contributed by atoms with van der Waals surface area (Å²) in [5.74, 6) is -0.151. The Balaban J connectivity index is 2.98. The minimum atomic E-state index is -5.73. The predicted octanol–water partition coefficient (Wildman–Crippen LogP) is 4.28. The molecule has 0 saturated carbocycles. The molecular weight excluding hydrogens is 316 g/mol. The van der Waals surface area contributed by atoms with Gasteiger partial charge in [-0.2, -0.15) is 26.3 Å². The van der Waals surface area contributed by atoms with Crippen LogP contribution in [0.4, 0.5) is 31.1 Å². The first-order chi connectivity index (χ1) is 9.76. The monoisotopic (exact) mass is 329 g/mol. The Hall–Kier alpha value is -1.93. The Kier molecular flexibility index (Phi) is 4.69. The van der Waals surface area contributed by atoms with Crippen molar-refractivity contribution in [3.8, 4) is 5.75 Å². The van der Waals surface area contributed by atoms with Crippen LogP contribution in [-0.2, 0) is 0 Å². The third-order valence-corrected chi connectivity index (χ3v) is 2.89. The lowest BCUT2D eigenvalue weighted by atomic mass is 10.0. The first-order valence-electron chi connectivity index (χ1n) is 5.98. The van der Waals surface area contributed by atoms with E-state index in [0.29, 0.717) is 11.1 Å². The Labute approximate surface area is 122 Å². The van der Waals surface area contributed by atoms with Gasteiger partial charge in [-0.1, -0.05) is 6.07 Å². The van der Waals surface area contributed by atoms with Gasteiger partial charge in [0.2, 0.25) is 5.54 Å². The van der Waals surface area contributed by atoms with E-state index >= 15 is 0 Å². The van der Waals surface area contributed by atoms with Crippen LogP contribution in [0.15, 0.2) is 18.2 Å². The first-order valence-corrected chi connectivity index (χ1v) is 5.98. The lowest BCUT2D eigenvalue weighted by Gasteiger charge is -2.34. The largest absolute Gasteiger partial charge is 0.420 e. The Morgan fingerprint density at radius 2 is 1.36 bits per heavy atom. The molecule has 0 spiro atoms. The smallest absolute Gasteiger partial charge is 0.410 e. The highest BCUT2D eigenvalue weighted by Gasteiger charge is 2.69. The maximum Gasteiger partial charge on any atom is 0.420 e. The quantitative estimate of drug-likeness (QED) is 0.823. The van der Waals surface area contributed by atoms with Gasteiger partial charge in [0.05, 0.1) is 0 Å². The number of carbonyl (C=O) groups excluding carboxylic acids is 1. The van der Waals surface area contributed by atoms with Gasteiger partial charge in [0, 0.05) is 0 Å². The molecule has 1 amide bonds. The van der Waals surface area contributed by atoms with Crippen LogP contribution in [0.1, 0.15) is 18.1 Å². The second-order valence-corrected chi connectivity index (χ2v) is 4.96. The molecule has 0 radical (unpaired) electrons. The average molecular weight is 329 g/mol. The van der Waals surface area contributed by atoms with Gasteiger partial charge in [0.25, 0.3) is 0 Å². The van der Waals surface area contributed by atoms with Gasteiger partial charge < -0.3 is 4.74 Å². The van der Waals surface area contributed by atoms with Gasteiger partial charge in [0.1, 0.15) is 5.75 Å². The molecule has 0 aromatic heterocycles. The normalized spacial score (nSPS) is 13.0. The van der Waals surface area contributed by atoms with Crippen LogP contribution in [0, 0.1) is 13.8 Å². The van der Waals surface area contributed by atoms with Crippen molar-refractivity contribution < 1.29 is 35.9 Å². The molecule has 3 nitrogen and oxygen atoms in total. The topological polar surface area (TPSA) is 38.3 Å². The molecule has 9 heteroatoms. The lowest BCUT2D eigenvalue weighted by molar-refractivity contribution is -0.298. The van der Waals surface area contributed by atoms with Crippen molar-refractivity contribution >= 4 is 6.09 Å². The fourth-order valence-corrected chi connectivity index (χ4v) is 1.63. The Morgan fingerprint density at radius 1 is 0.955 bits per heavy atom. The number of amides is 1. The summed E-state index contributed by atoms with van der Waals surface area (Å²) in [4.78, 5) is 11.4. The van der Waals surface area contributed by atoms with Crippen LogP contribution in [0.3, 0.4) is 0 Å². The van der Waals surface area contributed by atoms with Crippen molar-refractivity contribution in [2.24, 2.45) is 0 Å². The maximum absolute atomic E-state index is 12.6. The molecule has 0 aliphatic rings. The molecule has 0 bridgehead atoms. The van der Waals surface area contributed by atoms with Crippen molar-refractivity contribution in [1.82, 2.24) is 5.32 Å². The van der Waals surface area contributed by atoms with Crippen molar-refractivity contribution in [3.05, 3.63) is 29.3 Å². The van der Waals surface area contributed by atoms with Crippen molar-refractivity contribution in [3.63, 3.8) is 0 Å². The van der Waals surface area contributed by atoms with Gasteiger partial charge in [-0.25, -0.2) is 4.79 Å². The number of halogens is 6. The van der Waals surface area contributed by atoms with Crippen molar-refractivity contribution in [2.45, 2.75) is 38.7 Å². The summed E-state index contributed by atoms with van der Waals surface area (Å²) in [5, 5.41) is 0.850. The maximum atomic E-state index is 12.6. The summed E-state index contributed by atoms with van der Waals surface area (Å²) in [5.41, 5.74) is -3.13. The van der Waals surface area contributed by atoms with Gasteiger partial charge in [-0.05, 0) is 44.0 Å². The number of benzene rings is 1. The van der Waals surface area contributed by atoms with Crippen LogP contribution in [0.2, 0.25) is 0 Å². The summed E-state index contributed by atoms with van der Waals surface area (Å²) < 4.78 is 80.3. The number of ether oxygens (including phenoxy) is 1. The summed E-state index contributed by atoms with van der Waals surface area (Å²) in [6.07, 6.45) is -13.3. The number of carbonyl (C=O) groups is 1. The number of aryl methyl sites for hydroxylation is 2. The number of alkyl halides is 6. The number of hydrogen-bond acceptors (Lipinski definition) is 2. The van der Waals surface area contributed by atoms with E-state index in [1.807, 2.05) is 0 Å². The summed E-state index contributed by atoms with van der Waals surface area (Å²) in [6, 6.07) is 4.32. The zero-order chi connectivity index (χ0) is 17.3. The molecule has 0 saturated heterocycles. The van der Waals surface area contributed by atoms with Crippen LogP contribution in [0.25, 0.3) is 0 Å². The van der Waals surface area contributed by atoms with E-state index in [4.69, 9.17) is 0 Å². The molecule has 124 valence electrons. The molecule has 0 fully saturated rings. The fourth-order valence-electron chi connectivity index (χ4n) is 1.63. The zero-order valence-corrected chi connectivity index (χ0v) is 11.8. The van der Waals surface area contributed by atoms with Crippen LogP contribution >= 0.6 is 0 Å². The fraction of sp³-hybridized carbons (Fsp3) is 0.462. The lowest BCUT2D eigenvalue weighted by Crippen LogP contribution is -2.66. The first kappa shape index (κ1) is 18.1. The highest BCUT2D eigenvalue weighted by molar-refractivity contribution is 5.71. The molecule has 0 aliphatic carbocycles. The number of rotatable bonds is 2. The average Bonchev–Trinajstić information content (AvgIpc) is 2.23. The Bertz CT molecular complexity index is 530. The highest BCUT2D eigenvalue weighted by Crippen LogP contribution is 2.42. The van der Waals surface area contributed by atoms with E-state index in [1.165, 1.54) is 12.1 Å². The molecule has 1 rings (SSSR count). The third-order valence-electron chi connectivity index (χ3n) is 2.89. The second kappa shape index (κ2) is 5.69. The molecule has 1 aromatic carbocycles. The molecule has 1 N–H and O–H groups in total. The number of hydrogen-bond donors (Lipinski definition) is 1. The van der Waals surface area contributed by atoms with E-state index in [-0.39, 0.29) is 12.7 Å². The van der Waals surface area contributed by atoms with E-state index in [1.54, 1.807) is 19.9 Å². The van der Waals surface area contributed by atoms with E-state index in [2.05, 4.69) is 4.74 Å². The minimum Gasteiger partial charge on any atom is -0.410 e. The van der Waals surface area contributed by atoms with Crippen molar-refractivity contribution in [1.29, 1.82) is 0 Å². The predicted molar refractivity (Wildman–Crippen MR) is 65.6 cm³/mol. The van der Waals surface area contributed by atoms with Gasteiger partial charge in [0.15, 0.2) is 0 Å². The third kappa shape index (κ3) is 3.83. The van der Waals surface area contributed by atoms with E-state index in [9.17, 15) is 31.1 Å². The number of nitrogens with one attached hydrogen (secondary N) is 1. The Morgan fingerprint density at radius 3 is 1.73 bits per heavy atom. The molecule has 0 heterocycles. The van der Waals surface area contributed by atoms with Crippen LogP contribution in [0.5, 0.6) is 5.75 Å². The van der Waals surface area contributed by atoms with Gasteiger partial charge in [-0.3, -0.25) is 5.32 Å². The summed E-state index contributed by atoms with van der Waals surface area (Å²) in [6.45, 7) is 3.09. The molecule has 1 aromatic rings.